The maximum atomic E-state index is 12.8. The zero-order valence-corrected chi connectivity index (χ0v) is 18.0. The Morgan fingerprint density at radius 2 is 1.79 bits per heavy atom. The minimum absolute atomic E-state index is 0.137. The first-order chi connectivity index (χ1) is 13.0. The van der Waals surface area contributed by atoms with Gasteiger partial charge in [-0.3, -0.25) is 9.69 Å². The Hall–Kier alpha value is -1.65. The number of rotatable bonds is 6. The molecule has 0 saturated carbocycles. The molecule has 0 aromatic heterocycles. The average Bonchev–Trinajstić information content (AvgIpc) is 2.56. The number of hydrogen-bond acceptors (Lipinski definition) is 6. The van der Waals surface area contributed by atoms with E-state index < -0.39 is 27.0 Å². The number of likely N-dealkylation sites (tertiary alicyclic amines) is 1. The van der Waals surface area contributed by atoms with Gasteiger partial charge in [0.15, 0.2) is 0 Å². The number of amides is 2. The number of nitrogens with one attached hydrogen (secondary N) is 1. The molecular formula is C18H32N4O5S. The molecule has 1 unspecified atom stereocenters. The molecule has 2 fully saturated rings. The van der Waals surface area contributed by atoms with Gasteiger partial charge < -0.3 is 15.0 Å². The summed E-state index contributed by atoms with van der Waals surface area (Å²) in [6.45, 7) is 12.9. The molecule has 0 bridgehead atoms. The Balaban J connectivity index is 1.83. The molecule has 1 atom stereocenters. The molecule has 0 aliphatic carbocycles. The van der Waals surface area contributed by atoms with Crippen LogP contribution in [0.1, 0.15) is 27.7 Å². The lowest BCUT2D eigenvalue weighted by Crippen LogP contribution is -2.64. The molecule has 0 spiro atoms. The molecular weight excluding hydrogens is 384 g/mol. The zero-order valence-electron chi connectivity index (χ0n) is 17.2. The summed E-state index contributed by atoms with van der Waals surface area (Å²) in [6.07, 6.45) is 1.18. The molecule has 28 heavy (non-hydrogen) atoms. The van der Waals surface area contributed by atoms with Crippen LogP contribution in [0.5, 0.6) is 0 Å². The Kier molecular flexibility index (Phi) is 7.11. The van der Waals surface area contributed by atoms with Crippen LogP contribution in [0.4, 0.5) is 4.79 Å². The summed E-state index contributed by atoms with van der Waals surface area (Å²) < 4.78 is 32.4. The average molecular weight is 417 g/mol. The molecule has 2 aliphatic heterocycles. The van der Waals surface area contributed by atoms with Crippen molar-refractivity contribution in [3.63, 3.8) is 0 Å². The van der Waals surface area contributed by atoms with E-state index in [1.165, 1.54) is 9.21 Å². The minimum Gasteiger partial charge on any atom is -0.444 e. The standard InChI is InChI=1S/C18H32N4O5S/c1-6-7-19-16(23)14(2)21-12-15(13-21)28(25,26)22-10-8-20(9-11-22)17(24)27-18(3,4)5/h6,14-15H,1,7-13H2,2-5H3,(H,19,23). The zero-order chi connectivity index (χ0) is 21.1. The Labute approximate surface area is 167 Å². The molecule has 2 saturated heterocycles. The van der Waals surface area contributed by atoms with E-state index in [4.69, 9.17) is 4.74 Å². The van der Waals surface area contributed by atoms with Crippen LogP contribution < -0.4 is 5.32 Å². The van der Waals surface area contributed by atoms with Gasteiger partial charge in [0.2, 0.25) is 15.9 Å². The molecule has 2 aliphatic rings. The summed E-state index contributed by atoms with van der Waals surface area (Å²) >= 11 is 0. The fourth-order valence-electron chi connectivity index (χ4n) is 3.12. The second-order valence-corrected chi connectivity index (χ2v) is 10.4. The molecule has 2 amide bonds. The third-order valence-electron chi connectivity index (χ3n) is 4.90. The van der Waals surface area contributed by atoms with Crippen molar-refractivity contribution in [1.82, 2.24) is 19.4 Å². The number of hydrogen-bond donors (Lipinski definition) is 1. The summed E-state index contributed by atoms with van der Waals surface area (Å²) in [7, 11) is -3.45. The van der Waals surface area contributed by atoms with E-state index >= 15 is 0 Å². The van der Waals surface area contributed by atoms with E-state index in [0.29, 0.717) is 32.7 Å². The topological polar surface area (TPSA) is 99.3 Å². The summed E-state index contributed by atoms with van der Waals surface area (Å²) in [5.74, 6) is -0.137. The second-order valence-electron chi connectivity index (χ2n) is 8.20. The summed E-state index contributed by atoms with van der Waals surface area (Å²) in [5.41, 5.74) is -0.579. The summed E-state index contributed by atoms with van der Waals surface area (Å²) in [5, 5.41) is 2.20. The van der Waals surface area contributed by atoms with Crippen LogP contribution in [-0.2, 0) is 19.6 Å². The Morgan fingerprint density at radius 1 is 1.21 bits per heavy atom. The number of sulfonamides is 1. The molecule has 0 radical (unpaired) electrons. The van der Waals surface area contributed by atoms with Gasteiger partial charge in [-0.1, -0.05) is 6.08 Å². The van der Waals surface area contributed by atoms with Crippen LogP contribution in [0.2, 0.25) is 0 Å². The van der Waals surface area contributed by atoms with Gasteiger partial charge >= 0.3 is 6.09 Å². The predicted octanol–water partition coefficient (Wildman–Crippen LogP) is 0.244. The molecule has 160 valence electrons. The predicted molar refractivity (Wildman–Crippen MR) is 106 cm³/mol. The van der Waals surface area contributed by atoms with E-state index in [1.54, 1.807) is 33.8 Å². The van der Waals surface area contributed by atoms with Gasteiger partial charge in [0.1, 0.15) is 10.9 Å². The SMILES string of the molecule is C=CCNC(=O)C(C)N1CC(S(=O)(=O)N2CCN(C(=O)OC(C)(C)C)CC2)C1. The highest BCUT2D eigenvalue weighted by molar-refractivity contribution is 7.89. The summed E-state index contributed by atoms with van der Waals surface area (Å²) in [6, 6.07) is -0.379. The van der Waals surface area contributed by atoms with Crippen molar-refractivity contribution in [3.05, 3.63) is 12.7 Å². The smallest absolute Gasteiger partial charge is 0.410 e. The second kappa shape index (κ2) is 8.79. The van der Waals surface area contributed by atoms with Gasteiger partial charge in [-0.15, -0.1) is 6.58 Å². The number of carbonyl (C=O) groups is 2. The van der Waals surface area contributed by atoms with Crippen molar-refractivity contribution in [1.29, 1.82) is 0 Å². The van der Waals surface area contributed by atoms with Crippen molar-refractivity contribution in [2.75, 3.05) is 45.8 Å². The Morgan fingerprint density at radius 3 is 2.29 bits per heavy atom. The van der Waals surface area contributed by atoms with Crippen molar-refractivity contribution < 1.29 is 22.7 Å². The lowest BCUT2D eigenvalue weighted by atomic mass is 10.1. The number of nitrogens with zero attached hydrogens (tertiary/aromatic N) is 3. The van der Waals surface area contributed by atoms with Crippen LogP contribution in [0.15, 0.2) is 12.7 Å². The third kappa shape index (κ3) is 5.45. The molecule has 2 rings (SSSR count). The van der Waals surface area contributed by atoms with Crippen LogP contribution in [0, 0.1) is 0 Å². The van der Waals surface area contributed by atoms with Gasteiger partial charge in [0.25, 0.3) is 0 Å². The monoisotopic (exact) mass is 416 g/mol. The maximum absolute atomic E-state index is 12.8. The first kappa shape index (κ1) is 22.6. The molecule has 1 N–H and O–H groups in total. The van der Waals surface area contributed by atoms with Gasteiger partial charge in [0.05, 0.1) is 6.04 Å². The van der Waals surface area contributed by atoms with Crippen molar-refractivity contribution in [2.45, 2.75) is 44.6 Å². The third-order valence-corrected chi connectivity index (χ3v) is 7.12. The first-order valence-corrected chi connectivity index (χ1v) is 11.1. The van der Waals surface area contributed by atoms with Gasteiger partial charge in [-0.25, -0.2) is 13.2 Å². The fraction of sp³-hybridized carbons (Fsp3) is 0.778. The van der Waals surface area contributed by atoms with Gasteiger partial charge in [-0.2, -0.15) is 4.31 Å². The van der Waals surface area contributed by atoms with Crippen LogP contribution in [-0.4, -0.2) is 97.2 Å². The van der Waals surface area contributed by atoms with Gasteiger partial charge in [-0.05, 0) is 27.7 Å². The molecule has 0 aromatic rings. The number of carbonyl (C=O) groups excluding carboxylic acids is 2. The number of piperazine rings is 1. The van der Waals surface area contributed by atoms with Crippen molar-refractivity contribution in [3.8, 4) is 0 Å². The highest BCUT2D eigenvalue weighted by Crippen LogP contribution is 2.23. The Bertz CT molecular complexity index is 689. The van der Waals surface area contributed by atoms with E-state index in [1.807, 2.05) is 4.90 Å². The lowest BCUT2D eigenvalue weighted by molar-refractivity contribution is -0.126. The fourth-order valence-corrected chi connectivity index (χ4v) is 4.98. The lowest BCUT2D eigenvalue weighted by Gasteiger charge is -2.44. The van der Waals surface area contributed by atoms with Gasteiger partial charge in [0, 0.05) is 45.8 Å². The van der Waals surface area contributed by atoms with Crippen LogP contribution in [0.3, 0.4) is 0 Å². The van der Waals surface area contributed by atoms with Crippen LogP contribution >= 0.6 is 0 Å². The van der Waals surface area contributed by atoms with E-state index in [2.05, 4.69) is 11.9 Å². The minimum atomic E-state index is -3.45. The van der Waals surface area contributed by atoms with Crippen LogP contribution in [0.25, 0.3) is 0 Å². The maximum Gasteiger partial charge on any atom is 0.410 e. The molecule has 10 heteroatoms. The molecule has 9 nitrogen and oxygen atoms in total. The molecule has 2 heterocycles. The number of ether oxygens (including phenoxy) is 1. The normalized spacial score (nSPS) is 20.9. The first-order valence-electron chi connectivity index (χ1n) is 9.55. The highest BCUT2D eigenvalue weighted by atomic mass is 32.2. The quantitative estimate of drug-likeness (QED) is 0.623. The van der Waals surface area contributed by atoms with E-state index in [9.17, 15) is 18.0 Å². The highest BCUT2D eigenvalue weighted by Gasteiger charge is 2.44. The largest absolute Gasteiger partial charge is 0.444 e. The molecule has 0 aromatic carbocycles. The van der Waals surface area contributed by atoms with Crippen molar-refractivity contribution in [2.24, 2.45) is 0 Å². The summed E-state index contributed by atoms with van der Waals surface area (Å²) in [4.78, 5) is 27.5. The van der Waals surface area contributed by atoms with E-state index in [-0.39, 0.29) is 25.0 Å². The van der Waals surface area contributed by atoms with E-state index in [0.717, 1.165) is 0 Å². The van der Waals surface area contributed by atoms with Crippen molar-refractivity contribution >= 4 is 22.0 Å².